The largest absolute Gasteiger partial charge is 0.368 e. The lowest BCUT2D eigenvalue weighted by Gasteiger charge is -2.27. The highest BCUT2D eigenvalue weighted by Crippen LogP contribution is 2.35. The Labute approximate surface area is 118 Å². The molecule has 0 saturated heterocycles. The van der Waals surface area contributed by atoms with Gasteiger partial charge in [-0.15, -0.1) is 0 Å². The van der Waals surface area contributed by atoms with Gasteiger partial charge >= 0.3 is 0 Å². The molecular formula is C13H20ClF2N3. The van der Waals surface area contributed by atoms with E-state index in [9.17, 15) is 8.78 Å². The molecule has 3 nitrogen and oxygen atoms in total. The summed E-state index contributed by atoms with van der Waals surface area (Å²) in [5.41, 5.74) is 0.0982. The molecule has 0 atom stereocenters. The van der Waals surface area contributed by atoms with Crippen molar-refractivity contribution < 1.29 is 8.78 Å². The molecule has 0 fully saturated rings. The number of halogens is 3. The summed E-state index contributed by atoms with van der Waals surface area (Å²) in [7, 11) is 0. The van der Waals surface area contributed by atoms with Crippen molar-refractivity contribution in [2.45, 2.75) is 27.7 Å². The summed E-state index contributed by atoms with van der Waals surface area (Å²) in [5.74, 6) is -1.36. The Bertz CT molecular complexity index is 432. The number of hydrogen-bond acceptors (Lipinski definition) is 3. The van der Waals surface area contributed by atoms with Crippen LogP contribution in [0.1, 0.15) is 27.7 Å². The Morgan fingerprint density at radius 1 is 0.947 bits per heavy atom. The topological polar surface area (TPSA) is 19.4 Å². The lowest BCUT2D eigenvalue weighted by Crippen LogP contribution is -2.28. The number of aromatic nitrogens is 1. The second kappa shape index (κ2) is 6.89. The minimum Gasteiger partial charge on any atom is -0.368 e. The highest BCUT2D eigenvalue weighted by atomic mass is 35.5. The molecule has 19 heavy (non-hydrogen) atoms. The van der Waals surface area contributed by atoms with E-state index in [4.69, 9.17) is 11.6 Å². The van der Waals surface area contributed by atoms with Gasteiger partial charge in [0.25, 0.3) is 0 Å². The average molecular weight is 292 g/mol. The molecule has 0 amide bonds. The SMILES string of the molecule is CCN(CC)c1nc(F)c(Cl)c(N(CC)CC)c1F. The van der Waals surface area contributed by atoms with E-state index in [-0.39, 0.29) is 16.5 Å². The molecule has 1 aromatic rings. The van der Waals surface area contributed by atoms with Crippen molar-refractivity contribution in [1.29, 1.82) is 0 Å². The third kappa shape index (κ3) is 3.08. The van der Waals surface area contributed by atoms with E-state index in [0.29, 0.717) is 26.2 Å². The molecule has 0 aliphatic rings. The molecule has 0 spiro atoms. The summed E-state index contributed by atoms with van der Waals surface area (Å²) >= 11 is 5.88. The first-order chi connectivity index (χ1) is 9.01. The zero-order chi connectivity index (χ0) is 14.6. The molecule has 1 rings (SSSR count). The number of pyridine rings is 1. The van der Waals surface area contributed by atoms with E-state index in [1.54, 1.807) is 9.80 Å². The summed E-state index contributed by atoms with van der Waals surface area (Å²) in [4.78, 5) is 7.01. The molecule has 0 unspecified atom stereocenters. The number of rotatable bonds is 6. The third-order valence-electron chi connectivity index (χ3n) is 3.14. The minimum absolute atomic E-state index is 0.0220. The predicted molar refractivity (Wildman–Crippen MR) is 76.3 cm³/mol. The van der Waals surface area contributed by atoms with Crippen LogP contribution in [0.25, 0.3) is 0 Å². The maximum absolute atomic E-state index is 14.6. The zero-order valence-electron chi connectivity index (χ0n) is 11.8. The van der Waals surface area contributed by atoms with Crippen LogP contribution in [0.4, 0.5) is 20.3 Å². The third-order valence-corrected chi connectivity index (χ3v) is 3.47. The van der Waals surface area contributed by atoms with E-state index in [0.717, 1.165) is 0 Å². The number of nitrogens with zero attached hydrogens (tertiary/aromatic N) is 3. The molecular weight excluding hydrogens is 272 g/mol. The quantitative estimate of drug-likeness (QED) is 0.745. The highest BCUT2D eigenvalue weighted by molar-refractivity contribution is 6.33. The van der Waals surface area contributed by atoms with Crippen LogP contribution < -0.4 is 9.80 Å². The van der Waals surface area contributed by atoms with Crippen molar-refractivity contribution in [3.8, 4) is 0 Å². The molecule has 0 radical (unpaired) electrons. The van der Waals surface area contributed by atoms with Gasteiger partial charge in [-0.1, -0.05) is 11.6 Å². The fourth-order valence-electron chi connectivity index (χ4n) is 2.04. The van der Waals surface area contributed by atoms with Crippen molar-refractivity contribution in [3.63, 3.8) is 0 Å². The van der Waals surface area contributed by atoms with Gasteiger partial charge < -0.3 is 9.80 Å². The lowest BCUT2D eigenvalue weighted by atomic mass is 10.3. The summed E-state index contributed by atoms with van der Waals surface area (Å²) in [6.45, 7) is 9.69. The average Bonchev–Trinajstić information content (AvgIpc) is 2.41. The normalized spacial score (nSPS) is 10.7. The summed E-state index contributed by atoms with van der Waals surface area (Å²) < 4.78 is 28.4. The molecule has 1 aromatic heterocycles. The van der Waals surface area contributed by atoms with E-state index >= 15 is 0 Å². The Balaban J connectivity index is 3.45. The van der Waals surface area contributed by atoms with Gasteiger partial charge in [0.2, 0.25) is 5.95 Å². The standard InChI is InChI=1S/C13H20ClF2N3/c1-5-18(6-2)11-9(14)12(16)17-13(10(11)15)19(7-3)8-4/h5-8H2,1-4H3. The Hall–Kier alpha value is -1.10. The maximum atomic E-state index is 14.6. The van der Waals surface area contributed by atoms with Crippen molar-refractivity contribution in [1.82, 2.24) is 4.98 Å². The highest BCUT2D eigenvalue weighted by Gasteiger charge is 2.24. The van der Waals surface area contributed by atoms with Gasteiger partial charge in [-0.3, -0.25) is 0 Å². The second-order valence-electron chi connectivity index (χ2n) is 4.05. The first kappa shape index (κ1) is 16.0. The fourth-order valence-corrected chi connectivity index (χ4v) is 2.29. The van der Waals surface area contributed by atoms with Crippen LogP contribution in [0.2, 0.25) is 5.02 Å². The molecule has 0 aromatic carbocycles. The molecule has 0 aliphatic heterocycles. The number of hydrogen-bond donors (Lipinski definition) is 0. The van der Waals surface area contributed by atoms with E-state index in [1.165, 1.54) is 0 Å². The van der Waals surface area contributed by atoms with Crippen LogP contribution in [0.3, 0.4) is 0 Å². The Kier molecular flexibility index (Phi) is 5.79. The summed E-state index contributed by atoms with van der Waals surface area (Å²) in [6, 6.07) is 0. The van der Waals surface area contributed by atoms with Crippen LogP contribution in [-0.2, 0) is 0 Å². The van der Waals surface area contributed by atoms with Crippen molar-refractivity contribution >= 4 is 23.1 Å². The van der Waals surface area contributed by atoms with Crippen LogP contribution >= 0.6 is 11.6 Å². The van der Waals surface area contributed by atoms with Gasteiger partial charge in [0.15, 0.2) is 11.6 Å². The Morgan fingerprint density at radius 3 is 1.84 bits per heavy atom. The van der Waals surface area contributed by atoms with Crippen LogP contribution in [0.15, 0.2) is 0 Å². The van der Waals surface area contributed by atoms with Crippen LogP contribution in [-0.4, -0.2) is 31.2 Å². The van der Waals surface area contributed by atoms with Gasteiger partial charge in [0.1, 0.15) is 10.7 Å². The summed E-state index contributed by atoms with van der Waals surface area (Å²) in [6.07, 6.45) is 0. The first-order valence-electron chi connectivity index (χ1n) is 6.55. The minimum atomic E-state index is -0.827. The second-order valence-corrected chi connectivity index (χ2v) is 4.43. The molecule has 1 heterocycles. The Morgan fingerprint density at radius 2 is 1.42 bits per heavy atom. The van der Waals surface area contributed by atoms with Crippen molar-refractivity contribution in [3.05, 3.63) is 16.8 Å². The fraction of sp³-hybridized carbons (Fsp3) is 0.615. The zero-order valence-corrected chi connectivity index (χ0v) is 12.6. The smallest absolute Gasteiger partial charge is 0.235 e. The molecule has 6 heteroatoms. The first-order valence-corrected chi connectivity index (χ1v) is 6.93. The molecule has 0 N–H and O–H groups in total. The van der Waals surface area contributed by atoms with Gasteiger partial charge in [-0.05, 0) is 27.7 Å². The van der Waals surface area contributed by atoms with Crippen LogP contribution in [0.5, 0.6) is 0 Å². The molecule has 0 bridgehead atoms. The van der Waals surface area contributed by atoms with E-state index in [1.807, 2.05) is 27.7 Å². The van der Waals surface area contributed by atoms with Gasteiger partial charge in [-0.2, -0.15) is 9.37 Å². The maximum Gasteiger partial charge on any atom is 0.235 e. The number of anilines is 2. The van der Waals surface area contributed by atoms with Gasteiger partial charge in [0.05, 0.1) is 0 Å². The van der Waals surface area contributed by atoms with Crippen molar-refractivity contribution in [2.24, 2.45) is 0 Å². The summed E-state index contributed by atoms with van der Waals surface area (Å²) in [5, 5.41) is -0.253. The molecule has 0 aliphatic carbocycles. The van der Waals surface area contributed by atoms with Gasteiger partial charge in [-0.25, -0.2) is 4.39 Å². The predicted octanol–water partition coefficient (Wildman–Crippen LogP) is 3.71. The molecule has 0 saturated carbocycles. The van der Waals surface area contributed by atoms with E-state index in [2.05, 4.69) is 4.98 Å². The van der Waals surface area contributed by atoms with Crippen molar-refractivity contribution in [2.75, 3.05) is 36.0 Å². The van der Waals surface area contributed by atoms with Gasteiger partial charge in [0, 0.05) is 26.2 Å². The monoisotopic (exact) mass is 291 g/mol. The van der Waals surface area contributed by atoms with Crippen LogP contribution in [0, 0.1) is 11.8 Å². The molecule has 108 valence electrons. The van der Waals surface area contributed by atoms with E-state index < -0.39 is 11.8 Å². The lowest BCUT2D eigenvalue weighted by molar-refractivity contribution is 0.552.